The Morgan fingerprint density at radius 3 is 2.76 bits per heavy atom. The Kier molecular flexibility index (Phi) is 4.40. The summed E-state index contributed by atoms with van der Waals surface area (Å²) < 4.78 is 0. The maximum absolute atomic E-state index is 3.54. The quantitative estimate of drug-likeness (QED) is 0.826. The SMILES string of the molecule is CCc1ccc(NCC2CN(C)CCN2)cc1. The third kappa shape index (κ3) is 3.72. The zero-order valence-corrected chi connectivity index (χ0v) is 10.9. The van der Waals surface area contributed by atoms with Crippen LogP contribution in [0, 0.1) is 0 Å². The Bertz CT molecular complexity index is 334. The van der Waals surface area contributed by atoms with Crippen molar-refractivity contribution in [2.45, 2.75) is 19.4 Å². The lowest BCUT2D eigenvalue weighted by Crippen LogP contribution is -2.51. The van der Waals surface area contributed by atoms with E-state index in [0.717, 1.165) is 32.6 Å². The van der Waals surface area contributed by atoms with Crippen LogP contribution in [-0.2, 0) is 6.42 Å². The topological polar surface area (TPSA) is 27.3 Å². The van der Waals surface area contributed by atoms with Crippen molar-refractivity contribution in [1.82, 2.24) is 10.2 Å². The molecule has 0 bridgehead atoms. The molecule has 0 spiro atoms. The van der Waals surface area contributed by atoms with Gasteiger partial charge in [-0.3, -0.25) is 0 Å². The number of nitrogens with zero attached hydrogens (tertiary/aromatic N) is 1. The predicted octanol–water partition coefficient (Wildman–Crippen LogP) is 1.56. The summed E-state index contributed by atoms with van der Waals surface area (Å²) in [6.45, 7) is 6.55. The van der Waals surface area contributed by atoms with Gasteiger partial charge in [0.25, 0.3) is 0 Å². The van der Waals surface area contributed by atoms with E-state index >= 15 is 0 Å². The molecule has 0 aliphatic carbocycles. The first kappa shape index (κ1) is 12.4. The molecule has 2 rings (SSSR count). The lowest BCUT2D eigenvalue weighted by molar-refractivity contribution is 0.244. The summed E-state index contributed by atoms with van der Waals surface area (Å²) in [4.78, 5) is 2.38. The van der Waals surface area contributed by atoms with Crippen LogP contribution in [-0.4, -0.2) is 44.2 Å². The van der Waals surface area contributed by atoms with Gasteiger partial charge in [0, 0.05) is 37.9 Å². The van der Waals surface area contributed by atoms with Gasteiger partial charge < -0.3 is 15.5 Å². The summed E-state index contributed by atoms with van der Waals surface area (Å²) in [6.07, 6.45) is 1.11. The van der Waals surface area contributed by atoms with Crippen molar-refractivity contribution in [3.8, 4) is 0 Å². The fraction of sp³-hybridized carbons (Fsp3) is 0.571. The normalized spacial score (nSPS) is 21.4. The minimum atomic E-state index is 0.555. The molecule has 0 saturated carbocycles. The van der Waals surface area contributed by atoms with Crippen molar-refractivity contribution in [3.63, 3.8) is 0 Å². The van der Waals surface area contributed by atoms with E-state index in [1.165, 1.54) is 11.3 Å². The average molecular weight is 233 g/mol. The lowest BCUT2D eigenvalue weighted by Gasteiger charge is -2.31. The van der Waals surface area contributed by atoms with Crippen molar-refractivity contribution >= 4 is 5.69 Å². The van der Waals surface area contributed by atoms with Gasteiger partial charge in [-0.05, 0) is 31.2 Å². The molecule has 1 atom stereocenters. The summed E-state index contributed by atoms with van der Waals surface area (Å²) in [6, 6.07) is 9.29. The van der Waals surface area contributed by atoms with Crippen LogP contribution in [0.2, 0.25) is 0 Å². The third-order valence-corrected chi connectivity index (χ3v) is 3.37. The van der Waals surface area contributed by atoms with Crippen LogP contribution in [0.3, 0.4) is 0 Å². The van der Waals surface area contributed by atoms with Gasteiger partial charge in [-0.25, -0.2) is 0 Å². The Hall–Kier alpha value is -1.06. The van der Waals surface area contributed by atoms with Gasteiger partial charge in [-0.2, -0.15) is 0 Å². The fourth-order valence-electron chi connectivity index (χ4n) is 2.23. The van der Waals surface area contributed by atoms with Gasteiger partial charge in [0.1, 0.15) is 0 Å². The fourth-order valence-corrected chi connectivity index (χ4v) is 2.23. The van der Waals surface area contributed by atoms with Crippen LogP contribution in [0.4, 0.5) is 5.69 Å². The Balaban J connectivity index is 1.80. The first-order valence-corrected chi connectivity index (χ1v) is 6.52. The molecule has 3 heteroatoms. The van der Waals surface area contributed by atoms with E-state index in [-0.39, 0.29) is 0 Å². The van der Waals surface area contributed by atoms with Crippen LogP contribution in [0.1, 0.15) is 12.5 Å². The molecule has 3 nitrogen and oxygen atoms in total. The number of hydrogen-bond acceptors (Lipinski definition) is 3. The molecule has 0 aromatic heterocycles. The molecule has 1 unspecified atom stereocenters. The molecule has 1 heterocycles. The first-order valence-electron chi connectivity index (χ1n) is 6.52. The highest BCUT2D eigenvalue weighted by molar-refractivity contribution is 5.44. The second kappa shape index (κ2) is 6.03. The number of anilines is 1. The maximum Gasteiger partial charge on any atom is 0.0369 e. The van der Waals surface area contributed by atoms with E-state index in [1.54, 1.807) is 0 Å². The zero-order valence-electron chi connectivity index (χ0n) is 10.9. The van der Waals surface area contributed by atoms with Crippen LogP contribution in [0.5, 0.6) is 0 Å². The molecule has 1 aliphatic rings. The Morgan fingerprint density at radius 2 is 2.12 bits per heavy atom. The number of benzene rings is 1. The van der Waals surface area contributed by atoms with Gasteiger partial charge >= 0.3 is 0 Å². The Morgan fingerprint density at radius 1 is 1.35 bits per heavy atom. The van der Waals surface area contributed by atoms with Gasteiger partial charge in [-0.1, -0.05) is 19.1 Å². The highest BCUT2D eigenvalue weighted by Crippen LogP contribution is 2.10. The molecular formula is C14H23N3. The molecular weight excluding hydrogens is 210 g/mol. The molecule has 94 valence electrons. The first-order chi connectivity index (χ1) is 8.28. The third-order valence-electron chi connectivity index (χ3n) is 3.37. The lowest BCUT2D eigenvalue weighted by atomic mass is 10.1. The Labute approximate surface area is 104 Å². The van der Waals surface area contributed by atoms with Crippen molar-refractivity contribution in [1.29, 1.82) is 0 Å². The van der Waals surface area contributed by atoms with Gasteiger partial charge in [-0.15, -0.1) is 0 Å². The van der Waals surface area contributed by atoms with Gasteiger partial charge in [0.2, 0.25) is 0 Å². The van der Waals surface area contributed by atoms with E-state index in [4.69, 9.17) is 0 Å². The summed E-state index contributed by atoms with van der Waals surface area (Å²) in [5.41, 5.74) is 2.61. The van der Waals surface area contributed by atoms with Crippen LogP contribution < -0.4 is 10.6 Å². The highest BCUT2D eigenvalue weighted by atomic mass is 15.2. The van der Waals surface area contributed by atoms with E-state index in [0.29, 0.717) is 6.04 Å². The zero-order chi connectivity index (χ0) is 12.1. The van der Waals surface area contributed by atoms with Crippen molar-refractivity contribution in [3.05, 3.63) is 29.8 Å². The average Bonchev–Trinajstić information content (AvgIpc) is 2.37. The summed E-state index contributed by atoms with van der Waals surface area (Å²) >= 11 is 0. The summed E-state index contributed by atoms with van der Waals surface area (Å²) in [5, 5.41) is 7.04. The molecule has 1 aliphatic heterocycles. The maximum atomic E-state index is 3.54. The minimum Gasteiger partial charge on any atom is -0.383 e. The van der Waals surface area contributed by atoms with Gasteiger partial charge in [0.05, 0.1) is 0 Å². The minimum absolute atomic E-state index is 0.555. The standard InChI is InChI=1S/C14H23N3/c1-3-12-4-6-13(7-5-12)16-10-14-11-17(2)9-8-15-14/h4-7,14-16H,3,8-11H2,1-2H3. The van der Waals surface area contributed by atoms with Crippen LogP contribution >= 0.6 is 0 Å². The molecule has 1 fully saturated rings. The van der Waals surface area contributed by atoms with Crippen molar-refractivity contribution in [2.24, 2.45) is 0 Å². The molecule has 1 aromatic rings. The number of rotatable bonds is 4. The van der Waals surface area contributed by atoms with E-state index in [2.05, 4.69) is 53.8 Å². The van der Waals surface area contributed by atoms with Crippen LogP contribution in [0.25, 0.3) is 0 Å². The van der Waals surface area contributed by atoms with E-state index < -0.39 is 0 Å². The molecule has 17 heavy (non-hydrogen) atoms. The number of likely N-dealkylation sites (N-methyl/N-ethyl adjacent to an activating group) is 1. The number of piperazine rings is 1. The monoisotopic (exact) mass is 233 g/mol. The predicted molar refractivity (Wildman–Crippen MR) is 73.6 cm³/mol. The second-order valence-electron chi connectivity index (χ2n) is 4.84. The largest absolute Gasteiger partial charge is 0.383 e. The highest BCUT2D eigenvalue weighted by Gasteiger charge is 2.15. The number of aryl methyl sites for hydroxylation is 1. The van der Waals surface area contributed by atoms with E-state index in [1.807, 2.05) is 0 Å². The van der Waals surface area contributed by atoms with Gasteiger partial charge in [0.15, 0.2) is 0 Å². The van der Waals surface area contributed by atoms with Crippen molar-refractivity contribution < 1.29 is 0 Å². The van der Waals surface area contributed by atoms with E-state index in [9.17, 15) is 0 Å². The number of hydrogen-bond donors (Lipinski definition) is 2. The molecule has 0 amide bonds. The van der Waals surface area contributed by atoms with Crippen LogP contribution in [0.15, 0.2) is 24.3 Å². The molecule has 1 aromatic carbocycles. The second-order valence-corrected chi connectivity index (χ2v) is 4.84. The molecule has 2 N–H and O–H groups in total. The smallest absolute Gasteiger partial charge is 0.0369 e. The van der Waals surface area contributed by atoms with Crippen molar-refractivity contribution in [2.75, 3.05) is 38.5 Å². The summed E-state index contributed by atoms with van der Waals surface area (Å²) in [5.74, 6) is 0. The summed E-state index contributed by atoms with van der Waals surface area (Å²) in [7, 11) is 2.18. The molecule has 0 radical (unpaired) electrons. The number of nitrogens with one attached hydrogen (secondary N) is 2. The molecule has 1 saturated heterocycles.